The SMILES string of the molecule is CCCC1CCC(NC(=NC)NCC(=O)N(C)C)CC1.I. The normalized spacial score (nSPS) is 22.2. The van der Waals surface area contributed by atoms with Gasteiger partial charge in [-0.15, -0.1) is 24.0 Å². The second-order valence-corrected chi connectivity index (χ2v) is 5.86. The minimum absolute atomic E-state index is 0. The number of rotatable bonds is 5. The number of carbonyl (C=O) groups excluding carboxylic acids is 1. The van der Waals surface area contributed by atoms with E-state index in [1.807, 2.05) is 0 Å². The maximum atomic E-state index is 11.6. The summed E-state index contributed by atoms with van der Waals surface area (Å²) in [7, 11) is 5.27. The molecule has 0 heterocycles. The Kier molecular flexibility index (Phi) is 10.8. The molecule has 1 rings (SSSR count). The molecule has 0 atom stereocenters. The number of aliphatic imine (C=N–C) groups is 1. The summed E-state index contributed by atoms with van der Waals surface area (Å²) in [5.74, 6) is 1.70. The second kappa shape index (κ2) is 11.1. The molecule has 2 N–H and O–H groups in total. The third kappa shape index (κ3) is 7.87. The van der Waals surface area contributed by atoms with E-state index in [0.29, 0.717) is 6.04 Å². The van der Waals surface area contributed by atoms with Crippen molar-refractivity contribution >= 4 is 35.8 Å². The van der Waals surface area contributed by atoms with E-state index in [4.69, 9.17) is 0 Å². The zero-order valence-corrected chi connectivity index (χ0v) is 16.1. The van der Waals surface area contributed by atoms with Crippen LogP contribution in [0.5, 0.6) is 0 Å². The molecule has 1 aliphatic rings. The lowest BCUT2D eigenvalue weighted by molar-refractivity contribution is -0.127. The fourth-order valence-electron chi connectivity index (χ4n) is 2.71. The average Bonchev–Trinajstić information content (AvgIpc) is 2.45. The summed E-state index contributed by atoms with van der Waals surface area (Å²) >= 11 is 0. The Balaban J connectivity index is 0.00000400. The second-order valence-electron chi connectivity index (χ2n) is 5.86. The van der Waals surface area contributed by atoms with Crippen molar-refractivity contribution in [3.63, 3.8) is 0 Å². The van der Waals surface area contributed by atoms with Gasteiger partial charge in [-0.25, -0.2) is 0 Å². The standard InChI is InChI=1S/C15H30N4O.HI/c1-5-6-12-7-9-13(10-8-12)18-15(16-2)17-11-14(20)19(3)4;/h12-13H,5-11H2,1-4H3,(H2,16,17,18);1H. The molecule has 6 heteroatoms. The van der Waals surface area contributed by atoms with Crippen molar-refractivity contribution in [2.45, 2.75) is 51.5 Å². The molecule has 1 amide bonds. The number of halogens is 1. The Bertz CT molecular complexity index is 326. The number of hydrogen-bond acceptors (Lipinski definition) is 2. The van der Waals surface area contributed by atoms with Crippen LogP contribution in [0.3, 0.4) is 0 Å². The topological polar surface area (TPSA) is 56.7 Å². The molecule has 0 aromatic rings. The number of hydrogen-bond donors (Lipinski definition) is 2. The van der Waals surface area contributed by atoms with E-state index in [9.17, 15) is 4.79 Å². The smallest absolute Gasteiger partial charge is 0.241 e. The Morgan fingerprint density at radius 2 is 1.86 bits per heavy atom. The van der Waals surface area contributed by atoms with Crippen LogP contribution in [0.25, 0.3) is 0 Å². The quantitative estimate of drug-likeness (QED) is 0.415. The number of guanidine groups is 1. The van der Waals surface area contributed by atoms with E-state index in [-0.39, 0.29) is 36.4 Å². The minimum Gasteiger partial charge on any atom is -0.354 e. The van der Waals surface area contributed by atoms with Gasteiger partial charge in [0, 0.05) is 27.2 Å². The molecule has 0 aromatic carbocycles. The number of amides is 1. The van der Waals surface area contributed by atoms with E-state index < -0.39 is 0 Å². The minimum atomic E-state index is 0. The van der Waals surface area contributed by atoms with Crippen LogP contribution in [0, 0.1) is 5.92 Å². The van der Waals surface area contributed by atoms with Gasteiger partial charge in [0.05, 0.1) is 6.54 Å². The van der Waals surface area contributed by atoms with Crippen LogP contribution in [0.15, 0.2) is 4.99 Å². The van der Waals surface area contributed by atoms with Gasteiger partial charge in [0.1, 0.15) is 0 Å². The van der Waals surface area contributed by atoms with Crippen LogP contribution in [0.4, 0.5) is 0 Å². The molecule has 0 bridgehead atoms. The molecule has 0 spiro atoms. The molecule has 0 unspecified atom stereocenters. The molecule has 0 aliphatic heterocycles. The van der Waals surface area contributed by atoms with Crippen LogP contribution in [-0.4, -0.2) is 50.5 Å². The Morgan fingerprint density at radius 3 is 2.33 bits per heavy atom. The summed E-state index contributed by atoms with van der Waals surface area (Å²) in [5, 5.41) is 6.51. The van der Waals surface area contributed by atoms with Gasteiger partial charge in [0.15, 0.2) is 5.96 Å². The summed E-state index contributed by atoms with van der Waals surface area (Å²) in [6.45, 7) is 2.55. The third-order valence-corrected chi connectivity index (χ3v) is 4.01. The first-order valence-electron chi connectivity index (χ1n) is 7.74. The molecule has 1 fully saturated rings. The van der Waals surface area contributed by atoms with Crippen LogP contribution in [0.1, 0.15) is 45.4 Å². The highest BCUT2D eigenvalue weighted by Crippen LogP contribution is 2.27. The van der Waals surface area contributed by atoms with E-state index in [0.717, 1.165) is 11.9 Å². The predicted molar refractivity (Wildman–Crippen MR) is 99.3 cm³/mol. The van der Waals surface area contributed by atoms with E-state index in [1.54, 1.807) is 26.0 Å². The van der Waals surface area contributed by atoms with Gasteiger partial charge in [-0.05, 0) is 31.6 Å². The maximum Gasteiger partial charge on any atom is 0.241 e. The molecule has 0 saturated heterocycles. The van der Waals surface area contributed by atoms with Gasteiger partial charge >= 0.3 is 0 Å². The van der Waals surface area contributed by atoms with Crippen molar-refractivity contribution in [2.24, 2.45) is 10.9 Å². The van der Waals surface area contributed by atoms with E-state index in [2.05, 4.69) is 22.5 Å². The van der Waals surface area contributed by atoms with Crippen molar-refractivity contribution in [1.82, 2.24) is 15.5 Å². The van der Waals surface area contributed by atoms with Crippen LogP contribution >= 0.6 is 24.0 Å². The summed E-state index contributed by atoms with van der Waals surface area (Å²) in [5.41, 5.74) is 0. The lowest BCUT2D eigenvalue weighted by atomic mass is 9.83. The Hall–Kier alpha value is -0.530. The molecular weight excluding hydrogens is 379 g/mol. The summed E-state index contributed by atoms with van der Waals surface area (Å²) in [6, 6.07) is 0.490. The average molecular weight is 410 g/mol. The van der Waals surface area contributed by atoms with Crippen LogP contribution in [0.2, 0.25) is 0 Å². The predicted octanol–water partition coefficient (Wildman–Crippen LogP) is 2.22. The fraction of sp³-hybridized carbons (Fsp3) is 0.867. The number of nitrogens with one attached hydrogen (secondary N) is 2. The Labute approximate surface area is 146 Å². The fourth-order valence-corrected chi connectivity index (χ4v) is 2.71. The van der Waals surface area contributed by atoms with Crippen molar-refractivity contribution < 1.29 is 4.79 Å². The zero-order valence-electron chi connectivity index (χ0n) is 13.8. The van der Waals surface area contributed by atoms with Gasteiger partial charge in [-0.2, -0.15) is 0 Å². The number of nitrogens with zero attached hydrogens (tertiary/aromatic N) is 2. The molecule has 1 saturated carbocycles. The van der Waals surface area contributed by atoms with Crippen molar-refractivity contribution in [1.29, 1.82) is 0 Å². The van der Waals surface area contributed by atoms with Crippen LogP contribution in [-0.2, 0) is 4.79 Å². The lowest BCUT2D eigenvalue weighted by Gasteiger charge is -2.30. The number of carbonyl (C=O) groups is 1. The van der Waals surface area contributed by atoms with Gasteiger partial charge in [0.25, 0.3) is 0 Å². The van der Waals surface area contributed by atoms with Gasteiger partial charge in [-0.1, -0.05) is 19.8 Å². The summed E-state index contributed by atoms with van der Waals surface area (Å²) < 4.78 is 0. The van der Waals surface area contributed by atoms with Gasteiger partial charge in [-0.3, -0.25) is 9.79 Å². The largest absolute Gasteiger partial charge is 0.354 e. The first-order chi connectivity index (χ1) is 9.56. The highest BCUT2D eigenvalue weighted by molar-refractivity contribution is 14.0. The molecule has 0 radical (unpaired) electrons. The van der Waals surface area contributed by atoms with Crippen molar-refractivity contribution in [3.05, 3.63) is 0 Å². The van der Waals surface area contributed by atoms with Gasteiger partial charge in [0.2, 0.25) is 5.91 Å². The molecule has 5 nitrogen and oxygen atoms in total. The molecule has 124 valence electrons. The monoisotopic (exact) mass is 410 g/mol. The molecule has 0 aromatic heterocycles. The van der Waals surface area contributed by atoms with E-state index in [1.165, 1.54) is 38.5 Å². The maximum absolute atomic E-state index is 11.6. The van der Waals surface area contributed by atoms with Gasteiger partial charge < -0.3 is 15.5 Å². The highest BCUT2D eigenvalue weighted by atomic mass is 127. The zero-order chi connectivity index (χ0) is 15.0. The van der Waals surface area contributed by atoms with Crippen molar-refractivity contribution in [3.8, 4) is 0 Å². The summed E-state index contributed by atoms with van der Waals surface area (Å²) in [6.07, 6.45) is 7.66. The molecular formula is C15H31IN4O. The molecule has 21 heavy (non-hydrogen) atoms. The highest BCUT2D eigenvalue weighted by Gasteiger charge is 2.21. The lowest BCUT2D eigenvalue weighted by Crippen LogP contribution is -2.47. The van der Waals surface area contributed by atoms with Crippen molar-refractivity contribution in [2.75, 3.05) is 27.7 Å². The number of likely N-dealkylation sites (N-methyl/N-ethyl adjacent to an activating group) is 1. The summed E-state index contributed by atoms with van der Waals surface area (Å²) in [4.78, 5) is 17.3. The molecule has 1 aliphatic carbocycles. The first-order valence-corrected chi connectivity index (χ1v) is 7.74. The third-order valence-electron chi connectivity index (χ3n) is 4.01. The first kappa shape index (κ1) is 20.5. The Morgan fingerprint density at radius 1 is 1.24 bits per heavy atom. The van der Waals surface area contributed by atoms with E-state index >= 15 is 0 Å². The van der Waals surface area contributed by atoms with Crippen LogP contribution < -0.4 is 10.6 Å².